The summed E-state index contributed by atoms with van der Waals surface area (Å²) in [5.41, 5.74) is -0.467. The second-order valence-corrected chi connectivity index (χ2v) is 25.8. The van der Waals surface area contributed by atoms with Crippen LogP contribution in [-0.4, -0.2) is 133 Å². The van der Waals surface area contributed by atoms with E-state index in [4.69, 9.17) is 49.1 Å². The van der Waals surface area contributed by atoms with E-state index in [9.17, 15) is 14.5 Å². The Morgan fingerprint density at radius 1 is 1.12 bits per heavy atom. The molecule has 5 heterocycles. The van der Waals surface area contributed by atoms with Gasteiger partial charge >= 0.3 is 13.7 Å². The summed E-state index contributed by atoms with van der Waals surface area (Å²) in [4.78, 5) is 25.5. The summed E-state index contributed by atoms with van der Waals surface area (Å²) in [6, 6.07) is 0.818. The maximum Gasteiger partial charge on any atom is 0.416 e. The van der Waals surface area contributed by atoms with E-state index < -0.39 is 69.6 Å². The van der Waals surface area contributed by atoms with Crippen molar-refractivity contribution in [3.8, 4) is 0 Å². The van der Waals surface area contributed by atoms with Gasteiger partial charge in [0.05, 0.1) is 44.4 Å². The summed E-state index contributed by atoms with van der Waals surface area (Å²) in [5.74, 6) is -0.661. The Balaban J connectivity index is 1.29. The number of aliphatic hydroxyl groups excluding tert-OH is 1. The Kier molecular flexibility index (Phi) is 13.9. The zero-order valence-corrected chi connectivity index (χ0v) is 38.3. The van der Waals surface area contributed by atoms with Gasteiger partial charge in [-0.25, -0.2) is 9.48 Å². The number of rotatable bonds is 19. The van der Waals surface area contributed by atoms with Crippen LogP contribution >= 0.6 is 19.2 Å². The van der Waals surface area contributed by atoms with Crippen molar-refractivity contribution in [2.75, 3.05) is 37.9 Å². The molecule has 1 amide bonds. The van der Waals surface area contributed by atoms with Crippen LogP contribution in [0.15, 0.2) is 6.20 Å². The minimum Gasteiger partial charge on any atom is -0.443 e. The van der Waals surface area contributed by atoms with Crippen LogP contribution < -0.4 is 4.90 Å². The zero-order chi connectivity index (χ0) is 43.0. The van der Waals surface area contributed by atoms with E-state index in [2.05, 4.69) is 50.1 Å². The molecule has 0 aromatic carbocycles. The van der Waals surface area contributed by atoms with Crippen molar-refractivity contribution in [3.63, 3.8) is 0 Å². The summed E-state index contributed by atoms with van der Waals surface area (Å²) < 4.78 is 65.1. The van der Waals surface area contributed by atoms with E-state index in [1.807, 2.05) is 0 Å². The number of hydrogen-bond acceptors (Lipinski definition) is 17. The van der Waals surface area contributed by atoms with E-state index in [0.29, 0.717) is 12.0 Å². The van der Waals surface area contributed by atoms with Crippen molar-refractivity contribution in [1.82, 2.24) is 40.0 Å². The Morgan fingerprint density at radius 2 is 1.81 bits per heavy atom. The Labute approximate surface area is 350 Å². The number of fused-ring (bicyclic) bond motifs is 2. The van der Waals surface area contributed by atoms with Gasteiger partial charge in [-0.1, -0.05) is 19.6 Å². The number of hydrogen-bond donors (Lipinski definition) is 1. The smallest absolute Gasteiger partial charge is 0.416 e. The van der Waals surface area contributed by atoms with Gasteiger partial charge in [0.15, 0.2) is 41.4 Å². The van der Waals surface area contributed by atoms with Gasteiger partial charge in [-0.15, -0.1) is 15.0 Å². The maximum atomic E-state index is 14.6. The first-order valence-corrected chi connectivity index (χ1v) is 25.8. The number of aromatic nitrogens is 8. The van der Waals surface area contributed by atoms with Crippen LogP contribution in [0.5, 0.6) is 0 Å². The molecule has 3 aliphatic rings. The van der Waals surface area contributed by atoms with Gasteiger partial charge in [0.25, 0.3) is 0 Å². The van der Waals surface area contributed by atoms with Crippen LogP contribution in [0.3, 0.4) is 0 Å². The van der Waals surface area contributed by atoms with Crippen molar-refractivity contribution in [2.24, 2.45) is 0 Å². The summed E-state index contributed by atoms with van der Waals surface area (Å²) in [5, 5.41) is 26.8. The summed E-state index contributed by atoms with van der Waals surface area (Å²) in [7, 11) is -5.56. The highest BCUT2D eigenvalue weighted by atomic mass is 35.5. The Hall–Kier alpha value is -2.69. The highest BCUT2D eigenvalue weighted by Crippen LogP contribution is 2.62. The average Bonchev–Trinajstić information content (AvgIpc) is 3.88. The molecule has 59 heavy (non-hydrogen) atoms. The lowest BCUT2D eigenvalue weighted by Gasteiger charge is -2.37. The third-order valence-electron chi connectivity index (χ3n) is 10.0. The molecule has 23 heteroatoms. The second kappa shape index (κ2) is 18.0. The molecular formula is C36H59ClN9O11PSi. The van der Waals surface area contributed by atoms with E-state index in [1.54, 1.807) is 54.7 Å². The molecule has 0 spiro atoms. The fraction of sp³-hybridized carbons (Fsp3) is 0.806. The molecule has 330 valence electrons. The van der Waals surface area contributed by atoms with Gasteiger partial charge < -0.3 is 42.6 Å². The van der Waals surface area contributed by atoms with Crippen LogP contribution in [0.25, 0.3) is 11.0 Å². The highest BCUT2D eigenvalue weighted by molar-refractivity contribution is 7.55. The highest BCUT2D eigenvalue weighted by Gasteiger charge is 2.59. The molecule has 1 aliphatic carbocycles. The molecule has 1 unspecified atom stereocenters. The lowest BCUT2D eigenvalue weighted by Crippen LogP contribution is -2.47. The Bertz CT molecular complexity index is 1960. The molecule has 6 rings (SSSR count). The van der Waals surface area contributed by atoms with E-state index in [-0.39, 0.29) is 61.6 Å². The number of tetrazole rings is 1. The van der Waals surface area contributed by atoms with Crippen molar-refractivity contribution < 1.29 is 51.9 Å². The van der Waals surface area contributed by atoms with Crippen molar-refractivity contribution in [2.45, 2.75) is 154 Å². The predicted molar refractivity (Wildman–Crippen MR) is 217 cm³/mol. The molecule has 3 fully saturated rings. The van der Waals surface area contributed by atoms with Gasteiger partial charge in [0.1, 0.15) is 23.9 Å². The molecular weight excluding hydrogens is 829 g/mol. The molecule has 3 aromatic heterocycles. The Morgan fingerprint density at radius 3 is 2.42 bits per heavy atom. The van der Waals surface area contributed by atoms with Crippen molar-refractivity contribution in [3.05, 3.63) is 17.3 Å². The molecule has 5 atom stereocenters. The average molecular weight is 888 g/mol. The minimum atomic E-state index is -4.25. The number of aliphatic hydroxyl groups is 1. The van der Waals surface area contributed by atoms with E-state index >= 15 is 0 Å². The number of carbonyl (C=O) groups excluding carboxylic acids is 1. The first-order chi connectivity index (χ1) is 27.7. The predicted octanol–water partition coefficient (Wildman–Crippen LogP) is 5.70. The molecule has 2 saturated heterocycles. The fourth-order valence-corrected chi connectivity index (χ4v) is 9.93. The maximum absolute atomic E-state index is 14.6. The largest absolute Gasteiger partial charge is 0.443 e. The van der Waals surface area contributed by atoms with E-state index in [1.165, 1.54) is 14.4 Å². The van der Waals surface area contributed by atoms with Crippen molar-refractivity contribution in [1.29, 1.82) is 0 Å². The summed E-state index contributed by atoms with van der Waals surface area (Å²) in [6.45, 7) is 18.6. The zero-order valence-electron chi connectivity index (χ0n) is 35.6. The molecule has 3 aromatic rings. The van der Waals surface area contributed by atoms with Crippen LogP contribution in [0.2, 0.25) is 31.0 Å². The monoisotopic (exact) mass is 887 g/mol. The van der Waals surface area contributed by atoms with Gasteiger partial charge in [-0.3, -0.25) is 9.46 Å². The lowest BCUT2D eigenvalue weighted by atomic mass is 9.91. The third kappa shape index (κ3) is 10.3. The number of nitrogens with zero attached hydrogens (tertiary/aromatic N) is 9. The van der Waals surface area contributed by atoms with Crippen molar-refractivity contribution >= 4 is 50.2 Å². The molecule has 20 nitrogen and oxygen atoms in total. The van der Waals surface area contributed by atoms with Gasteiger partial charge in [0.2, 0.25) is 5.28 Å². The summed E-state index contributed by atoms with van der Waals surface area (Å²) >= 11 is 6.56. The minimum absolute atomic E-state index is 0.00381. The van der Waals surface area contributed by atoms with Gasteiger partial charge in [-0.2, -0.15) is 15.1 Å². The summed E-state index contributed by atoms with van der Waals surface area (Å²) in [6.07, 6.45) is -0.103. The van der Waals surface area contributed by atoms with Crippen LogP contribution in [0.1, 0.15) is 79.8 Å². The van der Waals surface area contributed by atoms with Crippen LogP contribution in [0, 0.1) is 0 Å². The molecule has 0 bridgehead atoms. The normalized spacial score (nSPS) is 23.3. The van der Waals surface area contributed by atoms with Gasteiger partial charge in [0, 0.05) is 20.7 Å². The molecule has 2 aliphatic heterocycles. The first-order valence-electron chi connectivity index (χ1n) is 20.1. The number of amides is 1. The number of anilines is 1. The quantitative estimate of drug-likeness (QED) is 0.0660. The van der Waals surface area contributed by atoms with Crippen LogP contribution in [0.4, 0.5) is 10.6 Å². The fourth-order valence-electron chi connectivity index (χ4n) is 7.05. The lowest BCUT2D eigenvalue weighted by molar-refractivity contribution is -0.207. The standard InChI is InChI=1S/C36H59ClN9O11PSi/c1-11-52-58(49,53-12-2)36(21-47,18-26-41-43-44(42-26)22-50-16-17-59(8,9)10)51-20-25-27-28(56-35(6,7)55-27)31(54-25)46-30-24(19-38-46)29(39-32(37)40-30)45(23-14-13-15-23)33(48)57-34(3,4)5/h19,23,25,27-28,31,47H,11-18,20-22H2,1-10H3/t25-,27-,28-,31-,36?/m1/s1. The topological polar surface area (TPSA) is 219 Å². The first kappa shape index (κ1) is 45.8. The number of halogens is 1. The van der Waals surface area contributed by atoms with Crippen LogP contribution in [-0.2, 0) is 55.2 Å². The third-order valence-corrected chi connectivity index (χ3v) is 14.5. The number of ether oxygens (including phenoxy) is 6. The molecule has 1 N–H and O–H groups in total. The van der Waals surface area contributed by atoms with E-state index in [0.717, 1.165) is 25.3 Å². The van der Waals surface area contributed by atoms with Gasteiger partial charge in [-0.05, 0) is 90.6 Å². The number of carbonyl (C=O) groups is 1. The SMILES string of the molecule is CCOP(=O)(OCC)C(CO)(Cc1nnn(COCC[Si](C)(C)C)n1)OC[C@H]1O[C@@H](n2ncc3c(N(C(=O)OC(C)(C)C)C4CCC4)nc(Cl)nc32)[C@@H]2OC(C)(C)O[C@@H]21. The molecule has 1 saturated carbocycles. The molecule has 0 radical (unpaired) electrons. The second-order valence-electron chi connectivity index (χ2n) is 17.6.